The summed E-state index contributed by atoms with van der Waals surface area (Å²) in [6.45, 7) is 2.58. The van der Waals surface area contributed by atoms with Crippen molar-refractivity contribution in [3.05, 3.63) is 0 Å². The fourth-order valence-corrected chi connectivity index (χ4v) is 1.33. The Kier molecular flexibility index (Phi) is 3.05. The van der Waals surface area contributed by atoms with Crippen LogP contribution in [0.1, 0.15) is 6.92 Å². The van der Waals surface area contributed by atoms with E-state index in [1.165, 1.54) is 6.92 Å². The second-order valence-electron chi connectivity index (χ2n) is 3.22. The van der Waals surface area contributed by atoms with Crippen molar-refractivity contribution in [2.45, 2.75) is 19.1 Å². The Morgan fingerprint density at radius 2 is 2.17 bits per heavy atom. The maximum Gasteiger partial charge on any atom is 0.303 e. The summed E-state index contributed by atoms with van der Waals surface area (Å²) in [5.41, 5.74) is 0. The number of nitrogens with zero attached hydrogens (tertiary/aromatic N) is 1. The van der Waals surface area contributed by atoms with Gasteiger partial charge in [-0.1, -0.05) is 0 Å². The first-order valence-electron chi connectivity index (χ1n) is 4.02. The summed E-state index contributed by atoms with van der Waals surface area (Å²) in [7, 11) is 3.91. The zero-order valence-corrected chi connectivity index (χ0v) is 7.74. The SMILES string of the molecule is CC(=O)O[C@@H]1COC[C@H]1N(C)C. The van der Waals surface area contributed by atoms with E-state index in [-0.39, 0.29) is 18.1 Å². The topological polar surface area (TPSA) is 38.8 Å². The van der Waals surface area contributed by atoms with Crippen molar-refractivity contribution in [2.75, 3.05) is 27.3 Å². The Morgan fingerprint density at radius 3 is 2.67 bits per heavy atom. The smallest absolute Gasteiger partial charge is 0.303 e. The van der Waals surface area contributed by atoms with E-state index < -0.39 is 0 Å². The lowest BCUT2D eigenvalue weighted by molar-refractivity contribution is -0.148. The molecule has 4 heteroatoms. The van der Waals surface area contributed by atoms with Crippen LogP contribution in [-0.2, 0) is 14.3 Å². The molecule has 0 amide bonds. The maximum atomic E-state index is 10.7. The number of ether oxygens (including phenoxy) is 2. The zero-order chi connectivity index (χ0) is 9.14. The van der Waals surface area contributed by atoms with Gasteiger partial charge in [-0.05, 0) is 14.1 Å². The Bertz CT molecular complexity index is 170. The average molecular weight is 173 g/mol. The molecule has 0 unspecified atom stereocenters. The third kappa shape index (κ3) is 2.19. The summed E-state index contributed by atoms with van der Waals surface area (Å²) in [6, 6.07) is 0.203. The van der Waals surface area contributed by atoms with Crippen LogP contribution in [-0.4, -0.2) is 50.3 Å². The molecule has 4 nitrogen and oxygen atoms in total. The molecule has 1 aliphatic heterocycles. The maximum absolute atomic E-state index is 10.7. The number of hydrogen-bond acceptors (Lipinski definition) is 4. The Labute approximate surface area is 72.4 Å². The Morgan fingerprint density at radius 1 is 1.50 bits per heavy atom. The highest BCUT2D eigenvalue weighted by molar-refractivity contribution is 5.66. The van der Waals surface area contributed by atoms with Gasteiger partial charge in [-0.25, -0.2) is 0 Å². The molecular formula is C8H15NO3. The highest BCUT2D eigenvalue weighted by Crippen LogP contribution is 2.13. The van der Waals surface area contributed by atoms with Crippen molar-refractivity contribution in [2.24, 2.45) is 0 Å². The molecule has 1 aliphatic rings. The van der Waals surface area contributed by atoms with Gasteiger partial charge >= 0.3 is 5.97 Å². The fourth-order valence-electron chi connectivity index (χ4n) is 1.33. The van der Waals surface area contributed by atoms with E-state index in [0.29, 0.717) is 13.2 Å². The summed E-state index contributed by atoms with van der Waals surface area (Å²) in [6.07, 6.45) is -0.0995. The molecule has 70 valence electrons. The number of carbonyl (C=O) groups is 1. The molecule has 1 rings (SSSR count). The van der Waals surface area contributed by atoms with Gasteiger partial charge in [0.15, 0.2) is 0 Å². The van der Waals surface area contributed by atoms with E-state index in [1.807, 2.05) is 19.0 Å². The predicted octanol–water partition coefficient (Wildman–Crippen LogP) is -0.122. The summed E-state index contributed by atoms with van der Waals surface area (Å²) < 4.78 is 10.3. The number of likely N-dealkylation sites (N-methyl/N-ethyl adjacent to an activating group) is 1. The molecule has 0 bridgehead atoms. The van der Waals surface area contributed by atoms with Crippen LogP contribution in [0, 0.1) is 0 Å². The number of rotatable bonds is 2. The van der Waals surface area contributed by atoms with Gasteiger partial charge < -0.3 is 14.4 Å². The van der Waals surface area contributed by atoms with Gasteiger partial charge in [0.25, 0.3) is 0 Å². The summed E-state index contributed by atoms with van der Waals surface area (Å²) >= 11 is 0. The third-order valence-electron chi connectivity index (χ3n) is 1.98. The van der Waals surface area contributed by atoms with Crippen LogP contribution < -0.4 is 0 Å². The largest absolute Gasteiger partial charge is 0.458 e. The molecule has 0 saturated carbocycles. The molecule has 0 N–H and O–H groups in total. The lowest BCUT2D eigenvalue weighted by Crippen LogP contribution is -2.40. The minimum absolute atomic E-state index is 0.0995. The van der Waals surface area contributed by atoms with Crippen molar-refractivity contribution >= 4 is 5.97 Å². The second-order valence-corrected chi connectivity index (χ2v) is 3.22. The van der Waals surface area contributed by atoms with Crippen LogP contribution in [0.2, 0.25) is 0 Å². The quantitative estimate of drug-likeness (QED) is 0.546. The van der Waals surface area contributed by atoms with Crippen LogP contribution in [0.25, 0.3) is 0 Å². The zero-order valence-electron chi connectivity index (χ0n) is 7.74. The van der Waals surface area contributed by atoms with Gasteiger partial charge in [-0.3, -0.25) is 4.79 Å². The number of esters is 1. The molecule has 1 saturated heterocycles. The molecular weight excluding hydrogens is 158 g/mol. The Hall–Kier alpha value is -0.610. The lowest BCUT2D eigenvalue weighted by atomic mass is 10.2. The fraction of sp³-hybridized carbons (Fsp3) is 0.875. The van der Waals surface area contributed by atoms with Gasteiger partial charge in [-0.2, -0.15) is 0 Å². The van der Waals surface area contributed by atoms with Crippen molar-refractivity contribution in [3.8, 4) is 0 Å². The summed E-state index contributed by atoms with van der Waals surface area (Å²) in [5.74, 6) is -0.239. The van der Waals surface area contributed by atoms with Gasteiger partial charge in [0.05, 0.1) is 19.3 Å². The standard InChI is InChI=1S/C8H15NO3/c1-6(10)12-8-5-11-4-7(8)9(2)3/h7-8H,4-5H2,1-3H3/t7-,8-/m1/s1. The van der Waals surface area contributed by atoms with Crippen molar-refractivity contribution < 1.29 is 14.3 Å². The van der Waals surface area contributed by atoms with Crippen molar-refractivity contribution in [3.63, 3.8) is 0 Å². The average Bonchev–Trinajstić information content (AvgIpc) is 2.33. The van der Waals surface area contributed by atoms with E-state index in [1.54, 1.807) is 0 Å². The first-order chi connectivity index (χ1) is 5.61. The molecule has 0 radical (unpaired) electrons. The minimum atomic E-state index is -0.239. The molecule has 12 heavy (non-hydrogen) atoms. The molecule has 0 aromatic rings. The lowest BCUT2D eigenvalue weighted by Gasteiger charge is -2.23. The van der Waals surface area contributed by atoms with Crippen LogP contribution in [0.4, 0.5) is 0 Å². The second kappa shape index (κ2) is 3.87. The van der Waals surface area contributed by atoms with Gasteiger partial charge in [-0.15, -0.1) is 0 Å². The van der Waals surface area contributed by atoms with Crippen LogP contribution in [0.3, 0.4) is 0 Å². The first-order valence-corrected chi connectivity index (χ1v) is 4.02. The third-order valence-corrected chi connectivity index (χ3v) is 1.98. The van der Waals surface area contributed by atoms with E-state index >= 15 is 0 Å². The highest BCUT2D eigenvalue weighted by atomic mass is 16.6. The van der Waals surface area contributed by atoms with E-state index in [0.717, 1.165) is 0 Å². The number of carbonyl (C=O) groups excluding carboxylic acids is 1. The number of hydrogen-bond donors (Lipinski definition) is 0. The van der Waals surface area contributed by atoms with E-state index in [9.17, 15) is 4.79 Å². The van der Waals surface area contributed by atoms with Gasteiger partial charge in [0.2, 0.25) is 0 Å². The summed E-state index contributed by atoms with van der Waals surface area (Å²) in [4.78, 5) is 12.7. The van der Waals surface area contributed by atoms with Crippen LogP contribution in [0.5, 0.6) is 0 Å². The molecule has 2 atom stereocenters. The van der Waals surface area contributed by atoms with Gasteiger partial charge in [0, 0.05) is 6.92 Å². The van der Waals surface area contributed by atoms with Gasteiger partial charge in [0.1, 0.15) is 6.10 Å². The molecule has 1 fully saturated rings. The normalized spacial score (nSPS) is 29.3. The molecule has 0 aliphatic carbocycles. The minimum Gasteiger partial charge on any atom is -0.458 e. The molecule has 0 aromatic heterocycles. The van der Waals surface area contributed by atoms with Crippen LogP contribution in [0.15, 0.2) is 0 Å². The summed E-state index contributed by atoms with van der Waals surface area (Å²) in [5, 5.41) is 0. The Balaban J connectivity index is 2.46. The first kappa shape index (κ1) is 9.48. The molecule has 0 spiro atoms. The molecule has 0 aromatic carbocycles. The highest BCUT2D eigenvalue weighted by Gasteiger charge is 2.32. The van der Waals surface area contributed by atoms with Crippen molar-refractivity contribution in [1.29, 1.82) is 0 Å². The van der Waals surface area contributed by atoms with Crippen molar-refractivity contribution in [1.82, 2.24) is 4.90 Å². The predicted molar refractivity (Wildman–Crippen MR) is 43.8 cm³/mol. The van der Waals surface area contributed by atoms with Crippen LogP contribution >= 0.6 is 0 Å². The van der Waals surface area contributed by atoms with E-state index in [4.69, 9.17) is 9.47 Å². The molecule has 1 heterocycles. The van der Waals surface area contributed by atoms with E-state index in [2.05, 4.69) is 0 Å². The monoisotopic (exact) mass is 173 g/mol.